The Bertz CT molecular complexity index is 52.8. The van der Waals surface area contributed by atoms with Crippen LogP contribution in [0.4, 0.5) is 0 Å². The van der Waals surface area contributed by atoms with Gasteiger partial charge >= 0.3 is 0 Å². The Hall–Kier alpha value is -0.150. The average molecular weight is 105 g/mol. The van der Waals surface area contributed by atoms with E-state index in [2.05, 4.69) is 17.4 Å². The van der Waals surface area contributed by atoms with Crippen molar-refractivity contribution in [1.82, 2.24) is 0 Å². The summed E-state index contributed by atoms with van der Waals surface area (Å²) in [7, 11) is 1.43. The maximum absolute atomic E-state index is 9.73. The van der Waals surface area contributed by atoms with Gasteiger partial charge in [-0.1, -0.05) is 0 Å². The van der Waals surface area contributed by atoms with Crippen molar-refractivity contribution in [1.29, 1.82) is 0 Å². The van der Waals surface area contributed by atoms with Gasteiger partial charge in [0.05, 0.1) is 0 Å². The third-order valence-corrected chi connectivity index (χ3v) is 0.380. The second-order valence-electron chi connectivity index (χ2n) is 0.805. The minimum atomic E-state index is -0.350. The summed E-state index contributed by atoms with van der Waals surface area (Å²) in [5, 5.41) is -0.350. The molecule has 0 saturated heterocycles. The molecule has 0 bridgehead atoms. The summed E-state index contributed by atoms with van der Waals surface area (Å²) >= 11 is 4.11. The van der Waals surface area contributed by atoms with Crippen molar-refractivity contribution in [3.8, 4) is 0 Å². The number of ether oxygens (including phenoxy) is 1. The van der Waals surface area contributed by atoms with Gasteiger partial charge in [0.15, 0.2) is 0 Å². The fourth-order valence-corrected chi connectivity index (χ4v) is 0.236. The van der Waals surface area contributed by atoms with E-state index in [4.69, 9.17) is 0 Å². The van der Waals surface area contributed by atoms with Crippen molar-refractivity contribution < 1.29 is 9.53 Å². The summed E-state index contributed by atoms with van der Waals surface area (Å²) < 4.78 is 4.35. The summed E-state index contributed by atoms with van der Waals surface area (Å²) in [6.45, 7) is 0.0509. The molecule has 0 aromatic rings. The molecule has 0 unspecified atom stereocenters. The van der Waals surface area contributed by atoms with Gasteiger partial charge in [-0.3, -0.25) is 4.79 Å². The molecule has 2 nitrogen and oxygen atoms in total. The molecule has 0 aliphatic heterocycles. The lowest BCUT2D eigenvalue weighted by Crippen LogP contribution is -1.95. The highest BCUT2D eigenvalue weighted by molar-refractivity contribution is 7.96. The number of methoxy groups -OCH3 is 1. The molecule has 0 heterocycles. The topological polar surface area (TPSA) is 26.3 Å². The highest BCUT2D eigenvalue weighted by Crippen LogP contribution is 1.75. The molecule has 1 radical (unpaired) electrons. The van der Waals surface area contributed by atoms with Crippen LogP contribution in [0.5, 0.6) is 0 Å². The molecular formula is C3H5O2S. The Kier molecular flexibility index (Phi) is 2.98. The van der Waals surface area contributed by atoms with Gasteiger partial charge in [0, 0.05) is 7.11 Å². The minimum Gasteiger partial charge on any atom is -0.376 e. The van der Waals surface area contributed by atoms with Crippen LogP contribution < -0.4 is 0 Å². The van der Waals surface area contributed by atoms with Crippen molar-refractivity contribution in [3.05, 3.63) is 0 Å². The molecule has 0 aliphatic rings. The van der Waals surface area contributed by atoms with Gasteiger partial charge in [0.1, 0.15) is 6.61 Å². The van der Waals surface area contributed by atoms with Crippen LogP contribution in [0, 0.1) is 0 Å². The zero-order valence-corrected chi connectivity index (χ0v) is 4.25. The van der Waals surface area contributed by atoms with Crippen LogP contribution in [0.15, 0.2) is 0 Å². The van der Waals surface area contributed by atoms with Crippen molar-refractivity contribution in [2.45, 2.75) is 0 Å². The quantitative estimate of drug-likeness (QED) is 0.506. The standard InChI is InChI=1S/C3H5O2S/c1-5-2-3(4)6/h2H2,1H3. The van der Waals surface area contributed by atoms with Crippen LogP contribution in [0.25, 0.3) is 0 Å². The van der Waals surface area contributed by atoms with Gasteiger partial charge < -0.3 is 4.74 Å². The predicted molar refractivity (Wildman–Crippen MR) is 24.5 cm³/mol. The van der Waals surface area contributed by atoms with Gasteiger partial charge in [0.2, 0.25) is 5.12 Å². The van der Waals surface area contributed by atoms with Crippen LogP contribution in [-0.4, -0.2) is 18.8 Å². The molecule has 35 valence electrons. The average Bonchev–Trinajstić information content (AvgIpc) is 1.35. The number of carbonyl (C=O) groups is 1. The van der Waals surface area contributed by atoms with E-state index in [1.165, 1.54) is 7.11 Å². The Morgan fingerprint density at radius 3 is 2.50 bits per heavy atom. The summed E-state index contributed by atoms with van der Waals surface area (Å²) in [5.41, 5.74) is 0. The zero-order valence-electron chi connectivity index (χ0n) is 3.43. The predicted octanol–water partition coefficient (Wildman–Crippen LogP) is 0.357. The van der Waals surface area contributed by atoms with Gasteiger partial charge in [-0.05, 0) is 12.6 Å². The molecule has 0 atom stereocenters. The van der Waals surface area contributed by atoms with E-state index in [1.807, 2.05) is 0 Å². The van der Waals surface area contributed by atoms with E-state index in [-0.39, 0.29) is 11.7 Å². The monoisotopic (exact) mass is 105 g/mol. The second kappa shape index (κ2) is 3.06. The second-order valence-corrected chi connectivity index (χ2v) is 1.26. The fraction of sp³-hybridized carbons (Fsp3) is 0.667. The van der Waals surface area contributed by atoms with Gasteiger partial charge in [-0.25, -0.2) is 0 Å². The van der Waals surface area contributed by atoms with E-state index in [0.717, 1.165) is 0 Å². The van der Waals surface area contributed by atoms with Crippen molar-refractivity contribution >= 4 is 17.7 Å². The normalized spacial score (nSPS) is 8.17. The molecule has 0 aromatic heterocycles. The Morgan fingerprint density at radius 2 is 2.50 bits per heavy atom. The van der Waals surface area contributed by atoms with Crippen LogP contribution in [0.3, 0.4) is 0 Å². The molecule has 6 heavy (non-hydrogen) atoms. The first-order valence-electron chi connectivity index (χ1n) is 1.46. The number of carbonyl (C=O) groups excluding carboxylic acids is 1. The Morgan fingerprint density at radius 1 is 2.00 bits per heavy atom. The maximum Gasteiger partial charge on any atom is 0.244 e. The van der Waals surface area contributed by atoms with Crippen LogP contribution in [-0.2, 0) is 9.53 Å². The molecular weight excluding hydrogens is 100 g/mol. The highest BCUT2D eigenvalue weighted by atomic mass is 32.1. The van der Waals surface area contributed by atoms with Gasteiger partial charge in [-0.15, -0.1) is 0 Å². The molecule has 3 heteroatoms. The largest absolute Gasteiger partial charge is 0.376 e. The van der Waals surface area contributed by atoms with Gasteiger partial charge in [-0.2, -0.15) is 0 Å². The molecule has 0 aliphatic carbocycles. The minimum absolute atomic E-state index is 0.0509. The molecule has 0 N–H and O–H groups in total. The number of rotatable bonds is 2. The first kappa shape index (κ1) is 5.85. The first-order valence-corrected chi connectivity index (χ1v) is 1.87. The lowest BCUT2D eigenvalue weighted by Gasteiger charge is -1.82. The summed E-state index contributed by atoms with van der Waals surface area (Å²) in [4.78, 5) is 9.73. The summed E-state index contributed by atoms with van der Waals surface area (Å²) in [6, 6.07) is 0. The molecule has 0 aromatic carbocycles. The molecule has 0 fully saturated rings. The lowest BCUT2D eigenvalue weighted by atomic mass is 10.8. The Labute approximate surface area is 41.9 Å². The highest BCUT2D eigenvalue weighted by Gasteiger charge is 1.87. The fourth-order valence-electron chi connectivity index (χ4n) is 0.118. The van der Waals surface area contributed by atoms with Crippen LogP contribution >= 0.6 is 12.6 Å². The maximum atomic E-state index is 9.73. The van der Waals surface area contributed by atoms with E-state index in [1.54, 1.807) is 0 Å². The van der Waals surface area contributed by atoms with E-state index >= 15 is 0 Å². The Balaban J connectivity index is 2.83. The van der Waals surface area contributed by atoms with Crippen LogP contribution in [0.2, 0.25) is 0 Å². The third-order valence-electron chi connectivity index (χ3n) is 0.262. The van der Waals surface area contributed by atoms with E-state index in [9.17, 15) is 4.79 Å². The van der Waals surface area contributed by atoms with Crippen molar-refractivity contribution in [2.24, 2.45) is 0 Å². The third kappa shape index (κ3) is 3.85. The SMILES string of the molecule is COCC(=O)[S]. The zero-order chi connectivity index (χ0) is 4.99. The molecule has 0 saturated carbocycles. The smallest absolute Gasteiger partial charge is 0.244 e. The first-order chi connectivity index (χ1) is 2.77. The van der Waals surface area contributed by atoms with Crippen molar-refractivity contribution in [2.75, 3.05) is 13.7 Å². The molecule has 0 amide bonds. The van der Waals surface area contributed by atoms with Gasteiger partial charge in [0.25, 0.3) is 0 Å². The number of hydrogen-bond donors (Lipinski definition) is 0. The molecule has 0 spiro atoms. The van der Waals surface area contributed by atoms with Crippen molar-refractivity contribution in [3.63, 3.8) is 0 Å². The number of hydrogen-bond acceptors (Lipinski definition) is 2. The summed E-state index contributed by atoms with van der Waals surface area (Å²) in [6.07, 6.45) is 0. The molecule has 0 rings (SSSR count). The van der Waals surface area contributed by atoms with Crippen LogP contribution in [0.1, 0.15) is 0 Å². The summed E-state index contributed by atoms with van der Waals surface area (Å²) in [5.74, 6) is 0. The van der Waals surface area contributed by atoms with E-state index < -0.39 is 0 Å². The lowest BCUT2D eigenvalue weighted by molar-refractivity contribution is -0.114. The van der Waals surface area contributed by atoms with E-state index in [0.29, 0.717) is 0 Å².